The first kappa shape index (κ1) is 16.2. The van der Waals surface area contributed by atoms with Crippen LogP contribution in [0, 0.1) is 0 Å². The second kappa shape index (κ2) is 7.68. The van der Waals surface area contributed by atoms with Crippen LogP contribution in [-0.2, 0) is 6.54 Å². The number of nitrogens with two attached hydrogens (primary N) is 1. The molecule has 0 saturated carbocycles. The Kier molecular flexibility index (Phi) is 6.55. The smallest absolute Gasteiger partial charge is 0.128 e. The third-order valence-corrected chi connectivity index (χ3v) is 3.71. The van der Waals surface area contributed by atoms with Gasteiger partial charge in [-0.2, -0.15) is 0 Å². The molecule has 1 aromatic rings. The molecule has 19 heavy (non-hydrogen) atoms. The highest BCUT2D eigenvalue weighted by Gasteiger charge is 2.15. The van der Waals surface area contributed by atoms with Crippen molar-refractivity contribution in [3.05, 3.63) is 23.9 Å². The molecule has 0 atom stereocenters. The van der Waals surface area contributed by atoms with E-state index in [-0.39, 0.29) is 12.4 Å². The van der Waals surface area contributed by atoms with Crippen LogP contribution < -0.4 is 10.6 Å². The molecule has 1 aromatic heterocycles. The van der Waals surface area contributed by atoms with Gasteiger partial charge in [-0.3, -0.25) is 4.90 Å². The molecule has 2 rings (SSSR count). The van der Waals surface area contributed by atoms with Gasteiger partial charge < -0.3 is 10.6 Å². The van der Waals surface area contributed by atoms with Gasteiger partial charge in [0.15, 0.2) is 0 Å². The van der Waals surface area contributed by atoms with Gasteiger partial charge in [-0.25, -0.2) is 4.98 Å². The van der Waals surface area contributed by atoms with Crippen molar-refractivity contribution < 1.29 is 0 Å². The number of piperidine rings is 1. The number of aromatic nitrogens is 1. The van der Waals surface area contributed by atoms with Crippen molar-refractivity contribution in [3.63, 3.8) is 0 Å². The molecule has 1 aliphatic rings. The van der Waals surface area contributed by atoms with Crippen LogP contribution in [0.2, 0.25) is 0 Å². The van der Waals surface area contributed by atoms with E-state index < -0.39 is 0 Å². The number of rotatable bonds is 4. The van der Waals surface area contributed by atoms with Crippen molar-refractivity contribution in [3.8, 4) is 0 Å². The number of anilines is 1. The molecule has 0 aromatic carbocycles. The zero-order valence-corrected chi connectivity index (χ0v) is 12.7. The van der Waals surface area contributed by atoms with Crippen LogP contribution in [0.3, 0.4) is 0 Å². The van der Waals surface area contributed by atoms with Gasteiger partial charge in [0.25, 0.3) is 0 Å². The molecule has 108 valence electrons. The molecule has 0 unspecified atom stereocenters. The maximum Gasteiger partial charge on any atom is 0.128 e. The molecule has 4 nitrogen and oxygen atoms in total. The van der Waals surface area contributed by atoms with E-state index in [4.69, 9.17) is 5.73 Å². The first-order valence-corrected chi connectivity index (χ1v) is 6.83. The summed E-state index contributed by atoms with van der Waals surface area (Å²) in [7, 11) is 2.06. The summed E-state index contributed by atoms with van der Waals surface area (Å²) in [5.74, 6) is 1.04. The van der Waals surface area contributed by atoms with Crippen LogP contribution >= 0.6 is 12.4 Å². The Balaban J connectivity index is 0.00000180. The number of likely N-dealkylation sites (tertiary alicyclic amines) is 1. The van der Waals surface area contributed by atoms with Crippen molar-refractivity contribution in [1.29, 1.82) is 0 Å². The van der Waals surface area contributed by atoms with Crippen LogP contribution in [0.25, 0.3) is 0 Å². The average Bonchev–Trinajstić information content (AvgIpc) is 2.41. The van der Waals surface area contributed by atoms with E-state index in [1.807, 2.05) is 6.20 Å². The van der Waals surface area contributed by atoms with Gasteiger partial charge in [0.05, 0.1) is 0 Å². The lowest BCUT2D eigenvalue weighted by Gasteiger charge is -2.30. The van der Waals surface area contributed by atoms with Crippen LogP contribution in [0.5, 0.6) is 0 Å². The van der Waals surface area contributed by atoms with Crippen molar-refractivity contribution in [2.75, 3.05) is 31.6 Å². The summed E-state index contributed by atoms with van der Waals surface area (Å²) < 4.78 is 0. The van der Waals surface area contributed by atoms with E-state index in [1.54, 1.807) is 0 Å². The highest BCUT2D eigenvalue weighted by atomic mass is 35.5. The van der Waals surface area contributed by atoms with E-state index in [2.05, 4.69) is 40.9 Å². The van der Waals surface area contributed by atoms with Crippen LogP contribution in [-0.4, -0.2) is 42.6 Å². The standard InChI is InChI=1S/C14H24N4.ClH/c1-3-17(2)14-5-4-12(10-16-14)11-18-8-6-13(15)7-9-18;/h4-5,10,13H,3,6-9,11,15H2,1-2H3;1H. The lowest BCUT2D eigenvalue weighted by Crippen LogP contribution is -2.39. The van der Waals surface area contributed by atoms with Gasteiger partial charge in [0, 0.05) is 32.4 Å². The topological polar surface area (TPSA) is 45.4 Å². The van der Waals surface area contributed by atoms with E-state index in [0.717, 1.165) is 44.8 Å². The number of hydrogen-bond acceptors (Lipinski definition) is 4. The Bertz CT molecular complexity index is 360. The van der Waals surface area contributed by atoms with Crippen molar-refractivity contribution in [2.45, 2.75) is 32.4 Å². The molecule has 0 amide bonds. The second-order valence-electron chi connectivity index (χ2n) is 5.15. The van der Waals surface area contributed by atoms with Crippen LogP contribution in [0.4, 0.5) is 5.82 Å². The van der Waals surface area contributed by atoms with E-state index in [9.17, 15) is 0 Å². The minimum atomic E-state index is 0. The Hall–Kier alpha value is -0.840. The summed E-state index contributed by atoms with van der Waals surface area (Å²) in [5.41, 5.74) is 7.20. The zero-order valence-electron chi connectivity index (χ0n) is 11.9. The normalized spacial score (nSPS) is 17.0. The number of halogens is 1. The van der Waals surface area contributed by atoms with Gasteiger partial charge in [0.2, 0.25) is 0 Å². The molecule has 0 radical (unpaired) electrons. The van der Waals surface area contributed by atoms with E-state index in [0.29, 0.717) is 6.04 Å². The number of pyridine rings is 1. The molecule has 2 heterocycles. The maximum absolute atomic E-state index is 5.91. The Labute approximate surface area is 122 Å². The minimum absolute atomic E-state index is 0. The number of hydrogen-bond donors (Lipinski definition) is 1. The van der Waals surface area contributed by atoms with Crippen molar-refractivity contribution in [2.24, 2.45) is 5.73 Å². The predicted octanol–water partition coefficient (Wildman–Crippen LogP) is 1.88. The lowest BCUT2D eigenvalue weighted by atomic mass is 10.1. The zero-order chi connectivity index (χ0) is 13.0. The van der Waals surface area contributed by atoms with Crippen molar-refractivity contribution >= 4 is 18.2 Å². The largest absolute Gasteiger partial charge is 0.360 e. The summed E-state index contributed by atoms with van der Waals surface area (Å²) in [6.07, 6.45) is 4.23. The molecule has 0 bridgehead atoms. The fraction of sp³-hybridized carbons (Fsp3) is 0.643. The van der Waals surface area contributed by atoms with Crippen LogP contribution in [0.1, 0.15) is 25.3 Å². The highest BCUT2D eigenvalue weighted by molar-refractivity contribution is 5.85. The monoisotopic (exact) mass is 284 g/mol. The Morgan fingerprint density at radius 1 is 1.37 bits per heavy atom. The minimum Gasteiger partial charge on any atom is -0.360 e. The predicted molar refractivity (Wildman–Crippen MR) is 82.9 cm³/mol. The summed E-state index contributed by atoms with van der Waals surface area (Å²) in [5, 5.41) is 0. The molecule has 1 saturated heterocycles. The summed E-state index contributed by atoms with van der Waals surface area (Å²) in [6.45, 7) is 6.33. The van der Waals surface area contributed by atoms with E-state index in [1.165, 1.54) is 5.56 Å². The summed E-state index contributed by atoms with van der Waals surface area (Å²) in [4.78, 5) is 9.11. The van der Waals surface area contributed by atoms with E-state index >= 15 is 0 Å². The Morgan fingerprint density at radius 2 is 2.05 bits per heavy atom. The summed E-state index contributed by atoms with van der Waals surface area (Å²) >= 11 is 0. The van der Waals surface area contributed by atoms with Gasteiger partial charge >= 0.3 is 0 Å². The molecule has 5 heteroatoms. The maximum atomic E-state index is 5.91. The van der Waals surface area contributed by atoms with Gasteiger partial charge in [-0.15, -0.1) is 12.4 Å². The fourth-order valence-corrected chi connectivity index (χ4v) is 2.27. The lowest BCUT2D eigenvalue weighted by molar-refractivity contribution is 0.205. The number of nitrogens with zero attached hydrogens (tertiary/aromatic N) is 3. The molecular weight excluding hydrogens is 260 g/mol. The molecule has 1 fully saturated rings. The third-order valence-electron chi connectivity index (χ3n) is 3.71. The third kappa shape index (κ3) is 4.64. The SMILES string of the molecule is CCN(C)c1ccc(CN2CCC(N)CC2)cn1.Cl. The quantitative estimate of drug-likeness (QED) is 0.917. The van der Waals surface area contributed by atoms with Gasteiger partial charge in [0.1, 0.15) is 5.82 Å². The van der Waals surface area contributed by atoms with Gasteiger partial charge in [-0.1, -0.05) is 6.07 Å². The molecule has 0 aliphatic carbocycles. The average molecular weight is 285 g/mol. The highest BCUT2D eigenvalue weighted by Crippen LogP contribution is 2.14. The molecular formula is C14H25ClN4. The molecule has 2 N–H and O–H groups in total. The van der Waals surface area contributed by atoms with Crippen LogP contribution in [0.15, 0.2) is 18.3 Å². The second-order valence-corrected chi connectivity index (χ2v) is 5.15. The summed E-state index contributed by atoms with van der Waals surface area (Å²) in [6, 6.07) is 4.69. The van der Waals surface area contributed by atoms with Gasteiger partial charge in [-0.05, 0) is 44.5 Å². The molecule has 0 spiro atoms. The molecule has 1 aliphatic heterocycles. The first-order valence-electron chi connectivity index (χ1n) is 6.83. The van der Waals surface area contributed by atoms with Crippen molar-refractivity contribution in [1.82, 2.24) is 9.88 Å². The first-order chi connectivity index (χ1) is 8.69. The fourth-order valence-electron chi connectivity index (χ4n) is 2.27. The Morgan fingerprint density at radius 3 is 2.58 bits per heavy atom.